The van der Waals surface area contributed by atoms with Crippen molar-refractivity contribution in [1.82, 2.24) is 4.31 Å². The van der Waals surface area contributed by atoms with E-state index in [1.165, 1.54) is 18.3 Å². The van der Waals surface area contributed by atoms with Crippen molar-refractivity contribution in [3.05, 3.63) is 17.1 Å². The Morgan fingerprint density at radius 3 is 2.61 bits per heavy atom. The molecular weight excluding hydrogens is 320 g/mol. The molecule has 1 aromatic rings. The van der Waals surface area contributed by atoms with Gasteiger partial charge in [0.05, 0.1) is 7.11 Å². The van der Waals surface area contributed by atoms with E-state index in [-0.39, 0.29) is 34.6 Å². The molecule has 0 radical (unpaired) electrons. The van der Waals surface area contributed by atoms with Gasteiger partial charge in [-0.1, -0.05) is 6.92 Å². The maximum absolute atomic E-state index is 13.1. The number of nitrogens with zero attached hydrogens (tertiary/aromatic N) is 1. The number of esters is 1. The van der Waals surface area contributed by atoms with E-state index in [1.54, 1.807) is 6.92 Å². The van der Waals surface area contributed by atoms with Crippen LogP contribution in [0.1, 0.15) is 41.6 Å². The highest BCUT2D eigenvalue weighted by atomic mass is 32.2. The summed E-state index contributed by atoms with van der Waals surface area (Å²) in [6.45, 7) is 5.80. The lowest BCUT2D eigenvalue weighted by atomic mass is 9.94. The van der Waals surface area contributed by atoms with Crippen LogP contribution >= 0.6 is 0 Å². The maximum atomic E-state index is 13.1. The number of furan rings is 1. The average molecular weight is 344 g/mol. The number of hydrogen-bond acceptors (Lipinski definition) is 6. The molecule has 2 rings (SSSR count). The monoisotopic (exact) mass is 344 g/mol. The fraction of sp³-hybridized carbons (Fsp3) is 0.667. The zero-order valence-electron chi connectivity index (χ0n) is 14.0. The molecule has 0 aliphatic carbocycles. The van der Waals surface area contributed by atoms with Crippen LogP contribution in [0.25, 0.3) is 0 Å². The molecule has 130 valence electrons. The highest BCUT2D eigenvalue weighted by Gasteiger charge is 2.40. The molecule has 1 fully saturated rings. The predicted octanol–water partition coefficient (Wildman–Crippen LogP) is 1.43. The van der Waals surface area contributed by atoms with Crippen LogP contribution in [0.15, 0.2) is 9.31 Å². The molecule has 0 saturated carbocycles. The van der Waals surface area contributed by atoms with Crippen molar-refractivity contribution in [3.63, 3.8) is 0 Å². The molecule has 1 aromatic heterocycles. The van der Waals surface area contributed by atoms with Crippen LogP contribution in [0.3, 0.4) is 0 Å². The number of hydrogen-bond donors (Lipinski definition) is 1. The van der Waals surface area contributed by atoms with Gasteiger partial charge in [-0.15, -0.1) is 0 Å². The third-order valence-corrected chi connectivity index (χ3v) is 6.46. The second kappa shape index (κ2) is 6.62. The summed E-state index contributed by atoms with van der Waals surface area (Å²) in [4.78, 5) is 11.9. The summed E-state index contributed by atoms with van der Waals surface area (Å²) in [7, 11) is -2.67. The maximum Gasteiger partial charge on any atom is 0.342 e. The number of ether oxygens (including phenoxy) is 1. The smallest absolute Gasteiger partial charge is 0.342 e. The van der Waals surface area contributed by atoms with E-state index < -0.39 is 16.0 Å². The third kappa shape index (κ3) is 3.15. The first-order chi connectivity index (χ1) is 10.7. The molecular formula is C15H24N2O5S. The first-order valence-electron chi connectivity index (χ1n) is 7.64. The van der Waals surface area contributed by atoms with Crippen LogP contribution < -0.4 is 5.73 Å². The van der Waals surface area contributed by atoms with Gasteiger partial charge in [-0.25, -0.2) is 13.2 Å². The van der Waals surface area contributed by atoms with Crippen molar-refractivity contribution in [3.8, 4) is 0 Å². The third-order valence-electron chi connectivity index (χ3n) is 4.36. The summed E-state index contributed by atoms with van der Waals surface area (Å²) < 4.78 is 37.8. The van der Waals surface area contributed by atoms with Gasteiger partial charge in [-0.05, 0) is 32.6 Å². The van der Waals surface area contributed by atoms with Crippen LogP contribution in [-0.2, 0) is 14.8 Å². The summed E-state index contributed by atoms with van der Waals surface area (Å²) in [6, 6.07) is -0.274. The fourth-order valence-corrected chi connectivity index (χ4v) is 5.22. The molecule has 0 amide bonds. The average Bonchev–Trinajstić information content (AvgIpc) is 2.81. The minimum Gasteiger partial charge on any atom is -0.465 e. The van der Waals surface area contributed by atoms with Crippen molar-refractivity contribution >= 4 is 16.0 Å². The SMILES string of the molecule is COC(=O)c1c(C)oc(C)c1S(=O)(=O)N1CCC(C)CC1CN. The van der Waals surface area contributed by atoms with Crippen LogP contribution in [0.4, 0.5) is 0 Å². The Kier molecular flexibility index (Phi) is 5.17. The van der Waals surface area contributed by atoms with Crippen LogP contribution in [-0.4, -0.2) is 44.9 Å². The number of rotatable bonds is 4. The van der Waals surface area contributed by atoms with Gasteiger partial charge in [-0.2, -0.15) is 4.31 Å². The zero-order chi connectivity index (χ0) is 17.4. The molecule has 1 saturated heterocycles. The van der Waals surface area contributed by atoms with Gasteiger partial charge in [0.2, 0.25) is 10.0 Å². The van der Waals surface area contributed by atoms with E-state index in [4.69, 9.17) is 14.9 Å². The summed E-state index contributed by atoms with van der Waals surface area (Å²) in [5, 5.41) is 0. The summed E-state index contributed by atoms with van der Waals surface area (Å²) in [5.41, 5.74) is 5.75. The van der Waals surface area contributed by atoms with Gasteiger partial charge in [0.15, 0.2) is 0 Å². The van der Waals surface area contributed by atoms with E-state index in [9.17, 15) is 13.2 Å². The number of carbonyl (C=O) groups excluding carboxylic acids is 1. The van der Waals surface area contributed by atoms with Gasteiger partial charge in [-0.3, -0.25) is 0 Å². The van der Waals surface area contributed by atoms with Crippen molar-refractivity contribution in [2.75, 3.05) is 20.2 Å². The number of aryl methyl sites for hydroxylation is 2. The van der Waals surface area contributed by atoms with Crippen LogP contribution in [0.5, 0.6) is 0 Å². The number of carbonyl (C=O) groups is 1. The Labute approximate surface area is 136 Å². The second-order valence-corrected chi connectivity index (χ2v) is 7.87. The van der Waals surface area contributed by atoms with Gasteiger partial charge in [0, 0.05) is 19.1 Å². The van der Waals surface area contributed by atoms with E-state index >= 15 is 0 Å². The van der Waals surface area contributed by atoms with Gasteiger partial charge >= 0.3 is 5.97 Å². The highest BCUT2D eigenvalue weighted by Crippen LogP contribution is 2.34. The summed E-state index contributed by atoms with van der Waals surface area (Å²) in [5.74, 6) is 0.134. The molecule has 1 aliphatic heterocycles. The molecule has 2 unspecified atom stereocenters. The molecule has 2 heterocycles. The Morgan fingerprint density at radius 1 is 1.39 bits per heavy atom. The Hall–Kier alpha value is -1.38. The molecule has 8 heteroatoms. The van der Waals surface area contributed by atoms with Crippen molar-refractivity contribution in [2.45, 2.75) is 44.6 Å². The van der Waals surface area contributed by atoms with E-state index in [0.717, 1.165) is 6.42 Å². The van der Waals surface area contributed by atoms with E-state index in [0.29, 0.717) is 18.9 Å². The summed E-state index contributed by atoms with van der Waals surface area (Å²) >= 11 is 0. The molecule has 2 atom stereocenters. The Bertz CT molecular complexity index is 695. The zero-order valence-corrected chi connectivity index (χ0v) is 14.8. The molecule has 7 nitrogen and oxygen atoms in total. The Balaban J connectivity index is 2.54. The fourth-order valence-electron chi connectivity index (χ4n) is 3.19. The van der Waals surface area contributed by atoms with Crippen molar-refractivity contribution in [1.29, 1.82) is 0 Å². The van der Waals surface area contributed by atoms with Gasteiger partial charge in [0.25, 0.3) is 0 Å². The molecule has 0 aromatic carbocycles. The molecule has 23 heavy (non-hydrogen) atoms. The minimum absolute atomic E-state index is 0.0283. The Morgan fingerprint density at radius 2 is 2.04 bits per heavy atom. The second-order valence-electron chi connectivity index (χ2n) is 6.04. The molecule has 0 bridgehead atoms. The standard InChI is InChI=1S/C15H24N2O5S/c1-9-5-6-17(12(7-9)8-16)23(19,20)14-11(3)22-10(2)13(14)15(18)21-4/h9,12H,5-8,16H2,1-4H3. The normalized spacial score (nSPS) is 23.0. The van der Waals surface area contributed by atoms with Gasteiger partial charge < -0.3 is 14.9 Å². The predicted molar refractivity (Wildman–Crippen MR) is 84.7 cm³/mol. The number of piperidine rings is 1. The lowest BCUT2D eigenvalue weighted by Gasteiger charge is -2.36. The number of sulfonamides is 1. The van der Waals surface area contributed by atoms with Crippen LogP contribution in [0, 0.1) is 19.8 Å². The molecule has 2 N–H and O–H groups in total. The quantitative estimate of drug-likeness (QED) is 0.829. The first kappa shape index (κ1) is 18.0. The lowest BCUT2D eigenvalue weighted by Crippen LogP contribution is -2.49. The topological polar surface area (TPSA) is 103 Å². The summed E-state index contributed by atoms with van der Waals surface area (Å²) in [6.07, 6.45) is 1.47. The minimum atomic E-state index is -3.88. The molecule has 0 spiro atoms. The first-order valence-corrected chi connectivity index (χ1v) is 9.08. The molecule has 1 aliphatic rings. The number of methoxy groups -OCH3 is 1. The van der Waals surface area contributed by atoms with Crippen molar-refractivity contribution in [2.24, 2.45) is 11.7 Å². The largest absolute Gasteiger partial charge is 0.465 e. The van der Waals surface area contributed by atoms with E-state index in [2.05, 4.69) is 6.92 Å². The lowest BCUT2D eigenvalue weighted by molar-refractivity contribution is 0.0594. The highest BCUT2D eigenvalue weighted by molar-refractivity contribution is 7.89. The van der Waals surface area contributed by atoms with Crippen molar-refractivity contribution < 1.29 is 22.4 Å². The number of nitrogens with two attached hydrogens (primary N) is 1. The van der Waals surface area contributed by atoms with Crippen LogP contribution in [0.2, 0.25) is 0 Å². The van der Waals surface area contributed by atoms with E-state index in [1.807, 2.05) is 0 Å². The van der Waals surface area contributed by atoms with Gasteiger partial charge in [0.1, 0.15) is 22.0 Å².